The van der Waals surface area contributed by atoms with Crippen molar-refractivity contribution in [2.75, 3.05) is 13.1 Å². The van der Waals surface area contributed by atoms with Gasteiger partial charge in [-0.3, -0.25) is 4.79 Å². The van der Waals surface area contributed by atoms with Crippen molar-refractivity contribution in [3.63, 3.8) is 0 Å². The lowest BCUT2D eigenvalue weighted by Crippen LogP contribution is -2.48. The number of rotatable bonds is 3. The van der Waals surface area contributed by atoms with Gasteiger partial charge < -0.3 is 10.2 Å². The van der Waals surface area contributed by atoms with Gasteiger partial charge in [0.05, 0.1) is 22.5 Å². The van der Waals surface area contributed by atoms with E-state index in [0.29, 0.717) is 10.4 Å². The molecule has 0 radical (unpaired) electrons. The third-order valence-corrected chi connectivity index (χ3v) is 5.59. The summed E-state index contributed by atoms with van der Waals surface area (Å²) < 4.78 is 64.6. The van der Waals surface area contributed by atoms with E-state index in [9.17, 15) is 31.5 Å². The molecule has 1 heterocycles. The lowest BCUT2D eigenvalue weighted by Gasteiger charge is -2.33. The SMILES string of the molecule is O=C(O)[C@H]1CN(S(=O)(=O)c2ccccc2C(F)(F)F)CC[C@@H]1O. The summed E-state index contributed by atoms with van der Waals surface area (Å²) in [5.74, 6) is -2.78. The standard InChI is InChI=1S/C13H14F3NO5S/c14-13(15,16)9-3-1-2-4-11(9)23(21,22)17-6-5-10(18)8(7-17)12(19)20/h1-4,8,10,18H,5-7H2,(H,19,20)/t8-,10-/m0/s1. The Hall–Kier alpha value is -1.65. The van der Waals surface area contributed by atoms with Crippen LogP contribution < -0.4 is 0 Å². The molecule has 1 aliphatic rings. The maximum absolute atomic E-state index is 13.0. The lowest BCUT2D eigenvalue weighted by atomic mass is 9.96. The second-order valence-electron chi connectivity index (χ2n) is 5.16. The molecule has 0 spiro atoms. The van der Waals surface area contributed by atoms with Crippen molar-refractivity contribution in [1.82, 2.24) is 4.31 Å². The molecule has 0 bridgehead atoms. The van der Waals surface area contributed by atoms with Crippen LogP contribution in [0.4, 0.5) is 13.2 Å². The highest BCUT2D eigenvalue weighted by molar-refractivity contribution is 7.89. The number of carboxylic acids is 1. The van der Waals surface area contributed by atoms with Gasteiger partial charge in [-0.15, -0.1) is 0 Å². The van der Waals surface area contributed by atoms with Crippen molar-refractivity contribution in [3.05, 3.63) is 29.8 Å². The molecule has 1 fully saturated rings. The topological polar surface area (TPSA) is 94.9 Å². The average Bonchev–Trinajstić information content (AvgIpc) is 2.46. The first-order valence-electron chi connectivity index (χ1n) is 6.62. The molecule has 2 atom stereocenters. The van der Waals surface area contributed by atoms with Gasteiger partial charge in [0.15, 0.2) is 0 Å². The van der Waals surface area contributed by atoms with Gasteiger partial charge >= 0.3 is 12.1 Å². The number of aliphatic hydroxyl groups is 1. The highest BCUT2D eigenvalue weighted by Gasteiger charge is 2.42. The number of halogens is 3. The molecular weight excluding hydrogens is 339 g/mol. The van der Waals surface area contributed by atoms with Crippen LogP contribution in [0, 0.1) is 5.92 Å². The number of carbonyl (C=O) groups is 1. The van der Waals surface area contributed by atoms with Crippen molar-refractivity contribution < 1.29 is 36.6 Å². The van der Waals surface area contributed by atoms with Crippen LogP contribution in [0.1, 0.15) is 12.0 Å². The maximum atomic E-state index is 13.0. The van der Waals surface area contributed by atoms with E-state index in [1.54, 1.807) is 0 Å². The van der Waals surface area contributed by atoms with Crippen LogP contribution in [0.25, 0.3) is 0 Å². The maximum Gasteiger partial charge on any atom is 0.417 e. The Balaban J connectivity index is 2.42. The fourth-order valence-corrected chi connectivity index (χ4v) is 4.13. The predicted molar refractivity (Wildman–Crippen MR) is 72.0 cm³/mol. The first-order chi connectivity index (χ1) is 10.5. The van der Waals surface area contributed by atoms with E-state index < -0.39 is 51.2 Å². The number of aliphatic carboxylic acids is 1. The monoisotopic (exact) mass is 353 g/mol. The van der Waals surface area contributed by atoms with Gasteiger partial charge in [0.1, 0.15) is 0 Å². The molecule has 1 aromatic rings. The summed E-state index contributed by atoms with van der Waals surface area (Å²) in [5.41, 5.74) is -1.31. The van der Waals surface area contributed by atoms with Crippen molar-refractivity contribution >= 4 is 16.0 Å². The molecule has 23 heavy (non-hydrogen) atoms. The summed E-state index contributed by atoms with van der Waals surface area (Å²) in [6.45, 7) is -0.829. The number of sulfonamides is 1. The molecule has 0 unspecified atom stereocenters. The summed E-state index contributed by atoms with van der Waals surface area (Å²) in [6, 6.07) is 3.72. The first-order valence-corrected chi connectivity index (χ1v) is 8.06. The van der Waals surface area contributed by atoms with Gasteiger partial charge in [0.25, 0.3) is 0 Å². The molecule has 10 heteroatoms. The number of piperidine rings is 1. The van der Waals surface area contributed by atoms with Crippen molar-refractivity contribution in [2.24, 2.45) is 5.92 Å². The van der Waals surface area contributed by atoms with Crippen LogP contribution in [0.5, 0.6) is 0 Å². The Morgan fingerprint density at radius 3 is 2.43 bits per heavy atom. The molecule has 6 nitrogen and oxygen atoms in total. The molecule has 2 N–H and O–H groups in total. The predicted octanol–water partition coefficient (Wildman–Crippen LogP) is 1.16. The van der Waals surface area contributed by atoms with E-state index in [4.69, 9.17) is 5.11 Å². The molecule has 1 aromatic carbocycles. The van der Waals surface area contributed by atoms with Crippen molar-refractivity contribution in [1.29, 1.82) is 0 Å². The van der Waals surface area contributed by atoms with Crippen LogP contribution in [0.15, 0.2) is 29.2 Å². The van der Waals surface area contributed by atoms with Gasteiger partial charge in [-0.1, -0.05) is 12.1 Å². The molecule has 2 rings (SSSR count). The minimum Gasteiger partial charge on any atom is -0.481 e. The third kappa shape index (κ3) is 3.48. The molecule has 0 amide bonds. The van der Waals surface area contributed by atoms with E-state index in [0.717, 1.165) is 18.2 Å². The molecular formula is C13H14F3NO5S. The van der Waals surface area contributed by atoms with E-state index >= 15 is 0 Å². The summed E-state index contributed by atoms with van der Waals surface area (Å²) in [6.07, 6.45) is -6.26. The molecule has 0 saturated carbocycles. The number of nitrogens with zero attached hydrogens (tertiary/aromatic N) is 1. The fourth-order valence-electron chi connectivity index (χ4n) is 2.44. The van der Waals surface area contributed by atoms with Gasteiger partial charge in [-0.2, -0.15) is 17.5 Å². The van der Waals surface area contributed by atoms with Gasteiger partial charge in [0.2, 0.25) is 10.0 Å². The quantitative estimate of drug-likeness (QED) is 0.850. The van der Waals surface area contributed by atoms with E-state index in [1.165, 1.54) is 0 Å². The van der Waals surface area contributed by atoms with E-state index in [1.807, 2.05) is 0 Å². The normalized spacial score (nSPS) is 23.7. The smallest absolute Gasteiger partial charge is 0.417 e. The van der Waals surface area contributed by atoms with Crippen LogP contribution >= 0.6 is 0 Å². The van der Waals surface area contributed by atoms with E-state index in [2.05, 4.69) is 0 Å². The fraction of sp³-hybridized carbons (Fsp3) is 0.462. The number of aliphatic hydroxyl groups excluding tert-OH is 1. The number of hydrogen-bond donors (Lipinski definition) is 2. The Morgan fingerprint density at radius 2 is 1.87 bits per heavy atom. The van der Waals surface area contributed by atoms with Crippen LogP contribution in [0.2, 0.25) is 0 Å². The zero-order valence-electron chi connectivity index (χ0n) is 11.7. The summed E-state index contributed by atoms with van der Waals surface area (Å²) in [5, 5.41) is 18.6. The van der Waals surface area contributed by atoms with Crippen LogP contribution in [-0.2, 0) is 21.0 Å². The number of alkyl halides is 3. The second-order valence-corrected chi connectivity index (χ2v) is 7.06. The Kier molecular flexibility index (Phi) is 4.69. The summed E-state index contributed by atoms with van der Waals surface area (Å²) in [4.78, 5) is 10.1. The zero-order valence-corrected chi connectivity index (χ0v) is 12.5. The summed E-state index contributed by atoms with van der Waals surface area (Å²) >= 11 is 0. The second kappa shape index (κ2) is 6.10. The largest absolute Gasteiger partial charge is 0.481 e. The van der Waals surface area contributed by atoms with E-state index in [-0.39, 0.29) is 13.0 Å². The molecule has 1 saturated heterocycles. The highest BCUT2D eigenvalue weighted by Crippen LogP contribution is 2.36. The lowest BCUT2D eigenvalue weighted by molar-refractivity contribution is -0.147. The van der Waals surface area contributed by atoms with Crippen LogP contribution in [0.3, 0.4) is 0 Å². The number of hydrogen-bond acceptors (Lipinski definition) is 4. The van der Waals surface area contributed by atoms with Gasteiger partial charge in [-0.05, 0) is 18.6 Å². The summed E-state index contributed by atoms with van der Waals surface area (Å²) in [7, 11) is -4.53. The van der Waals surface area contributed by atoms with Crippen LogP contribution in [-0.4, -0.2) is 48.1 Å². The van der Waals surface area contributed by atoms with Crippen molar-refractivity contribution in [3.8, 4) is 0 Å². The Morgan fingerprint density at radius 1 is 1.26 bits per heavy atom. The zero-order chi connectivity index (χ0) is 17.4. The first kappa shape index (κ1) is 17.7. The number of carboxylic acid groups (broad SMARTS) is 1. The third-order valence-electron chi connectivity index (χ3n) is 3.67. The number of benzene rings is 1. The Bertz CT molecular complexity index is 704. The van der Waals surface area contributed by atoms with Gasteiger partial charge in [-0.25, -0.2) is 8.42 Å². The molecule has 1 aliphatic heterocycles. The average molecular weight is 353 g/mol. The molecule has 0 aromatic heterocycles. The molecule has 128 valence electrons. The van der Waals surface area contributed by atoms with Crippen molar-refractivity contribution in [2.45, 2.75) is 23.6 Å². The minimum absolute atomic E-state index is 0.162. The van der Waals surface area contributed by atoms with Gasteiger partial charge in [0, 0.05) is 13.1 Å². The highest BCUT2D eigenvalue weighted by atomic mass is 32.2. The minimum atomic E-state index is -4.86. The Labute approximate surface area is 130 Å². The molecule has 0 aliphatic carbocycles.